The SMILES string of the molecule is O=C(COc1cccc(Cl)c1)N/N=C\c1cccnc1. The van der Waals surface area contributed by atoms with Gasteiger partial charge in [-0.1, -0.05) is 23.7 Å². The van der Waals surface area contributed by atoms with Crippen LogP contribution in [-0.4, -0.2) is 23.7 Å². The predicted molar refractivity (Wildman–Crippen MR) is 76.9 cm³/mol. The zero-order chi connectivity index (χ0) is 14.2. The Bertz CT molecular complexity index is 602. The van der Waals surface area contributed by atoms with Gasteiger partial charge in [0.15, 0.2) is 6.61 Å². The number of hydrogen-bond acceptors (Lipinski definition) is 4. The number of benzene rings is 1. The molecule has 0 aliphatic rings. The van der Waals surface area contributed by atoms with Crippen molar-refractivity contribution in [2.75, 3.05) is 6.61 Å². The summed E-state index contributed by atoms with van der Waals surface area (Å²) in [6, 6.07) is 10.4. The van der Waals surface area contributed by atoms with Crippen LogP contribution in [0.5, 0.6) is 5.75 Å². The lowest BCUT2D eigenvalue weighted by atomic mass is 10.3. The van der Waals surface area contributed by atoms with Gasteiger partial charge in [-0.15, -0.1) is 0 Å². The molecule has 1 amide bonds. The molecule has 0 atom stereocenters. The van der Waals surface area contributed by atoms with Gasteiger partial charge >= 0.3 is 0 Å². The molecule has 5 nitrogen and oxygen atoms in total. The fourth-order valence-corrected chi connectivity index (χ4v) is 1.55. The Morgan fingerprint density at radius 3 is 3.05 bits per heavy atom. The lowest BCUT2D eigenvalue weighted by Gasteiger charge is -2.04. The van der Waals surface area contributed by atoms with E-state index in [1.54, 1.807) is 42.7 Å². The van der Waals surface area contributed by atoms with Crippen LogP contribution in [0, 0.1) is 0 Å². The van der Waals surface area contributed by atoms with Crippen molar-refractivity contribution in [1.29, 1.82) is 0 Å². The van der Waals surface area contributed by atoms with Crippen molar-refractivity contribution in [2.45, 2.75) is 0 Å². The first kappa shape index (κ1) is 14.0. The maximum atomic E-state index is 11.5. The largest absolute Gasteiger partial charge is 0.484 e. The molecule has 2 aromatic rings. The summed E-state index contributed by atoms with van der Waals surface area (Å²) >= 11 is 5.80. The van der Waals surface area contributed by atoms with Gasteiger partial charge in [0.25, 0.3) is 5.91 Å². The first-order valence-corrected chi connectivity index (χ1v) is 6.22. The Morgan fingerprint density at radius 1 is 1.40 bits per heavy atom. The molecule has 0 fully saturated rings. The van der Waals surface area contributed by atoms with E-state index in [9.17, 15) is 4.79 Å². The van der Waals surface area contributed by atoms with E-state index in [-0.39, 0.29) is 12.5 Å². The lowest BCUT2D eigenvalue weighted by Crippen LogP contribution is -2.24. The molecule has 1 aromatic heterocycles. The first-order chi connectivity index (χ1) is 9.74. The number of hydrogen-bond donors (Lipinski definition) is 1. The fourth-order valence-electron chi connectivity index (χ4n) is 1.37. The van der Waals surface area contributed by atoms with Gasteiger partial charge in [0.1, 0.15) is 5.75 Å². The maximum Gasteiger partial charge on any atom is 0.277 e. The van der Waals surface area contributed by atoms with E-state index >= 15 is 0 Å². The molecule has 102 valence electrons. The van der Waals surface area contributed by atoms with Crippen LogP contribution in [0.15, 0.2) is 53.9 Å². The van der Waals surface area contributed by atoms with Crippen molar-refractivity contribution in [3.8, 4) is 5.75 Å². The number of carbonyl (C=O) groups excluding carboxylic acids is 1. The van der Waals surface area contributed by atoms with Crippen LogP contribution < -0.4 is 10.2 Å². The Labute approximate surface area is 121 Å². The third kappa shape index (κ3) is 4.70. The van der Waals surface area contributed by atoms with Crippen LogP contribution in [0.4, 0.5) is 0 Å². The molecule has 0 bridgehead atoms. The summed E-state index contributed by atoms with van der Waals surface area (Å²) in [7, 11) is 0. The van der Waals surface area contributed by atoms with Crippen LogP contribution in [-0.2, 0) is 4.79 Å². The van der Waals surface area contributed by atoms with Gasteiger partial charge in [-0.3, -0.25) is 9.78 Å². The smallest absolute Gasteiger partial charge is 0.277 e. The van der Waals surface area contributed by atoms with Crippen LogP contribution in [0.1, 0.15) is 5.56 Å². The van der Waals surface area contributed by atoms with Gasteiger partial charge in [0, 0.05) is 23.0 Å². The zero-order valence-corrected chi connectivity index (χ0v) is 11.2. The molecule has 0 unspecified atom stereocenters. The fraction of sp³-hybridized carbons (Fsp3) is 0.0714. The summed E-state index contributed by atoms with van der Waals surface area (Å²) in [6.07, 6.45) is 4.80. The molecular formula is C14H12ClN3O2. The van der Waals surface area contributed by atoms with Crippen LogP contribution in [0.25, 0.3) is 0 Å². The molecule has 1 aromatic carbocycles. The van der Waals surface area contributed by atoms with E-state index < -0.39 is 0 Å². The predicted octanol–water partition coefficient (Wildman–Crippen LogP) is 2.26. The summed E-state index contributed by atoms with van der Waals surface area (Å²) in [4.78, 5) is 15.4. The maximum absolute atomic E-state index is 11.5. The highest BCUT2D eigenvalue weighted by molar-refractivity contribution is 6.30. The number of pyridine rings is 1. The second kappa shape index (κ2) is 7.25. The molecule has 2 rings (SSSR count). The molecule has 0 saturated carbocycles. The Kier molecular flexibility index (Phi) is 5.08. The van der Waals surface area contributed by atoms with Crippen molar-refractivity contribution in [1.82, 2.24) is 10.4 Å². The van der Waals surface area contributed by atoms with Crippen molar-refractivity contribution in [2.24, 2.45) is 5.10 Å². The number of carbonyl (C=O) groups is 1. The summed E-state index contributed by atoms with van der Waals surface area (Å²) < 4.78 is 5.27. The minimum atomic E-state index is -0.356. The summed E-state index contributed by atoms with van der Waals surface area (Å²) in [6.45, 7) is -0.134. The van der Waals surface area contributed by atoms with E-state index in [0.717, 1.165) is 5.56 Å². The molecule has 0 aliphatic carbocycles. The monoisotopic (exact) mass is 289 g/mol. The van der Waals surface area contributed by atoms with E-state index in [4.69, 9.17) is 16.3 Å². The van der Waals surface area contributed by atoms with Crippen LogP contribution in [0.2, 0.25) is 5.02 Å². The lowest BCUT2D eigenvalue weighted by molar-refractivity contribution is -0.123. The average molecular weight is 290 g/mol. The molecule has 20 heavy (non-hydrogen) atoms. The average Bonchev–Trinajstić information content (AvgIpc) is 2.46. The molecule has 0 saturated heterocycles. The summed E-state index contributed by atoms with van der Waals surface area (Å²) in [5.74, 6) is 0.175. The second-order valence-corrected chi connectivity index (χ2v) is 4.26. The highest BCUT2D eigenvalue weighted by atomic mass is 35.5. The van der Waals surface area contributed by atoms with E-state index in [2.05, 4.69) is 15.5 Å². The minimum Gasteiger partial charge on any atom is -0.484 e. The highest BCUT2D eigenvalue weighted by Crippen LogP contribution is 2.16. The molecule has 1 heterocycles. The molecular weight excluding hydrogens is 278 g/mol. The highest BCUT2D eigenvalue weighted by Gasteiger charge is 2.01. The van der Waals surface area contributed by atoms with Crippen molar-refractivity contribution in [3.63, 3.8) is 0 Å². The number of aromatic nitrogens is 1. The van der Waals surface area contributed by atoms with Crippen LogP contribution >= 0.6 is 11.6 Å². The zero-order valence-electron chi connectivity index (χ0n) is 10.5. The molecule has 6 heteroatoms. The van der Waals surface area contributed by atoms with Crippen molar-refractivity contribution >= 4 is 23.7 Å². The van der Waals surface area contributed by atoms with Gasteiger partial charge in [0.05, 0.1) is 6.21 Å². The third-order valence-electron chi connectivity index (χ3n) is 2.25. The van der Waals surface area contributed by atoms with Gasteiger partial charge in [0.2, 0.25) is 0 Å². The second-order valence-electron chi connectivity index (χ2n) is 3.83. The number of nitrogens with one attached hydrogen (secondary N) is 1. The van der Waals surface area contributed by atoms with Gasteiger partial charge in [-0.2, -0.15) is 5.10 Å². The topological polar surface area (TPSA) is 63.6 Å². The number of hydrazone groups is 1. The van der Waals surface area contributed by atoms with Gasteiger partial charge in [-0.05, 0) is 24.3 Å². The third-order valence-corrected chi connectivity index (χ3v) is 2.49. The van der Waals surface area contributed by atoms with E-state index in [0.29, 0.717) is 10.8 Å². The number of halogens is 1. The van der Waals surface area contributed by atoms with Crippen molar-refractivity contribution in [3.05, 3.63) is 59.4 Å². The minimum absolute atomic E-state index is 0.134. The Morgan fingerprint density at radius 2 is 2.30 bits per heavy atom. The number of amides is 1. The van der Waals surface area contributed by atoms with Gasteiger partial charge < -0.3 is 4.74 Å². The standard InChI is InChI=1S/C14H12ClN3O2/c15-12-4-1-5-13(7-12)20-10-14(19)18-17-9-11-3-2-6-16-8-11/h1-9H,10H2,(H,18,19)/b17-9-. The molecule has 1 N–H and O–H groups in total. The number of rotatable bonds is 5. The van der Waals surface area contributed by atoms with E-state index in [1.807, 2.05) is 6.07 Å². The molecule has 0 aliphatic heterocycles. The summed E-state index contributed by atoms with van der Waals surface area (Å²) in [5.41, 5.74) is 3.16. The quantitative estimate of drug-likeness (QED) is 0.678. The van der Waals surface area contributed by atoms with Crippen LogP contribution in [0.3, 0.4) is 0 Å². The number of nitrogens with zero attached hydrogens (tertiary/aromatic N) is 2. The van der Waals surface area contributed by atoms with Gasteiger partial charge in [-0.25, -0.2) is 5.43 Å². The van der Waals surface area contributed by atoms with Crippen molar-refractivity contribution < 1.29 is 9.53 Å². The molecule has 0 radical (unpaired) electrons. The first-order valence-electron chi connectivity index (χ1n) is 5.84. The normalized spacial score (nSPS) is 10.4. The van der Waals surface area contributed by atoms with E-state index in [1.165, 1.54) is 6.21 Å². The molecule has 0 spiro atoms. The number of ether oxygens (including phenoxy) is 1. The Balaban J connectivity index is 1.77. The summed E-state index contributed by atoms with van der Waals surface area (Å²) in [5, 5.41) is 4.35. The Hall–Kier alpha value is -2.40.